The van der Waals surface area contributed by atoms with Crippen molar-refractivity contribution in [2.24, 2.45) is 5.92 Å². The van der Waals surface area contributed by atoms with E-state index in [0.29, 0.717) is 13.1 Å². The number of carbonyl (C=O) groups excluding carboxylic acids is 1. The Bertz CT molecular complexity index is 804. The van der Waals surface area contributed by atoms with E-state index < -0.39 is 0 Å². The average molecular weight is 396 g/mol. The highest BCUT2D eigenvalue weighted by Gasteiger charge is 2.27. The van der Waals surface area contributed by atoms with Crippen LogP contribution in [-0.4, -0.2) is 55.6 Å². The molecule has 2 aromatic rings. The van der Waals surface area contributed by atoms with Crippen LogP contribution in [0, 0.1) is 5.92 Å². The third-order valence-corrected chi connectivity index (χ3v) is 5.68. The molecule has 0 bridgehead atoms. The normalized spacial score (nSPS) is 21.8. The SMILES string of the molecule is COc1ccc(-c2ccc(N3CCC[C@@H](C(=O)NC[C@@H]4CCCO4)C3)nn2)cc1. The zero-order chi connectivity index (χ0) is 20.1. The van der Waals surface area contributed by atoms with Gasteiger partial charge in [-0.2, -0.15) is 0 Å². The number of nitrogens with zero attached hydrogens (tertiary/aromatic N) is 3. The van der Waals surface area contributed by atoms with Crippen molar-refractivity contribution in [3.8, 4) is 17.0 Å². The molecule has 1 aromatic carbocycles. The first kappa shape index (κ1) is 19.6. The number of carbonyl (C=O) groups is 1. The quantitative estimate of drug-likeness (QED) is 0.809. The van der Waals surface area contributed by atoms with Crippen molar-refractivity contribution < 1.29 is 14.3 Å². The minimum absolute atomic E-state index is 0.0202. The van der Waals surface area contributed by atoms with Crippen LogP contribution < -0.4 is 15.0 Å². The Labute approximate surface area is 171 Å². The molecule has 2 saturated heterocycles. The number of hydrogen-bond donors (Lipinski definition) is 1. The largest absolute Gasteiger partial charge is 0.497 e. The standard InChI is InChI=1S/C22H28N4O3/c1-28-18-8-6-16(7-9-18)20-10-11-21(25-24-20)26-12-2-4-17(15-26)22(27)23-14-19-5-3-13-29-19/h6-11,17,19H,2-5,12-15H2,1H3,(H,23,27)/t17-,19+/m1/s1. The molecule has 154 valence electrons. The van der Waals surface area contributed by atoms with E-state index in [1.807, 2.05) is 36.4 Å². The first-order chi connectivity index (χ1) is 14.2. The third-order valence-electron chi connectivity index (χ3n) is 5.68. The second-order valence-corrected chi connectivity index (χ2v) is 7.67. The molecule has 2 aliphatic heterocycles. The summed E-state index contributed by atoms with van der Waals surface area (Å²) < 4.78 is 10.8. The van der Waals surface area contributed by atoms with Crippen LogP contribution >= 0.6 is 0 Å². The number of anilines is 1. The Balaban J connectivity index is 1.35. The second-order valence-electron chi connectivity index (χ2n) is 7.67. The van der Waals surface area contributed by atoms with Gasteiger partial charge in [0.25, 0.3) is 0 Å². The Morgan fingerprint density at radius 3 is 2.72 bits per heavy atom. The molecule has 1 N–H and O–H groups in total. The highest BCUT2D eigenvalue weighted by atomic mass is 16.5. The van der Waals surface area contributed by atoms with Crippen LogP contribution in [-0.2, 0) is 9.53 Å². The predicted molar refractivity (Wildman–Crippen MR) is 111 cm³/mol. The fourth-order valence-electron chi connectivity index (χ4n) is 3.97. The number of piperidine rings is 1. The first-order valence-corrected chi connectivity index (χ1v) is 10.4. The average Bonchev–Trinajstić information content (AvgIpc) is 3.31. The van der Waals surface area contributed by atoms with Crippen LogP contribution in [0.4, 0.5) is 5.82 Å². The molecular weight excluding hydrogens is 368 g/mol. The van der Waals surface area contributed by atoms with Gasteiger partial charge in [0.15, 0.2) is 5.82 Å². The summed E-state index contributed by atoms with van der Waals surface area (Å²) in [6.45, 7) is 2.99. The van der Waals surface area contributed by atoms with E-state index in [1.54, 1.807) is 7.11 Å². The predicted octanol–water partition coefficient (Wildman–Crippen LogP) is 2.66. The van der Waals surface area contributed by atoms with Gasteiger partial charge >= 0.3 is 0 Å². The second kappa shape index (κ2) is 9.22. The van der Waals surface area contributed by atoms with Crippen molar-refractivity contribution >= 4 is 11.7 Å². The monoisotopic (exact) mass is 396 g/mol. The number of rotatable bonds is 6. The molecule has 0 spiro atoms. The van der Waals surface area contributed by atoms with Gasteiger partial charge in [-0.05, 0) is 62.1 Å². The summed E-state index contributed by atoms with van der Waals surface area (Å²) >= 11 is 0. The maximum absolute atomic E-state index is 12.6. The Kier molecular flexibility index (Phi) is 6.24. The number of hydrogen-bond acceptors (Lipinski definition) is 6. The van der Waals surface area contributed by atoms with Crippen molar-refractivity contribution in [1.29, 1.82) is 0 Å². The minimum Gasteiger partial charge on any atom is -0.497 e. The zero-order valence-electron chi connectivity index (χ0n) is 16.8. The van der Waals surface area contributed by atoms with E-state index >= 15 is 0 Å². The molecule has 29 heavy (non-hydrogen) atoms. The van der Waals surface area contributed by atoms with E-state index in [1.165, 1.54) is 0 Å². The van der Waals surface area contributed by atoms with E-state index in [-0.39, 0.29) is 17.9 Å². The Morgan fingerprint density at radius 1 is 1.17 bits per heavy atom. The van der Waals surface area contributed by atoms with Gasteiger partial charge in [-0.1, -0.05) is 0 Å². The van der Waals surface area contributed by atoms with E-state index in [9.17, 15) is 4.79 Å². The van der Waals surface area contributed by atoms with Gasteiger partial charge in [-0.15, -0.1) is 10.2 Å². The molecule has 0 aliphatic carbocycles. The summed E-state index contributed by atoms with van der Waals surface area (Å²) in [6.07, 6.45) is 4.18. The number of benzene rings is 1. The summed E-state index contributed by atoms with van der Waals surface area (Å²) in [7, 11) is 1.65. The minimum atomic E-state index is -0.0202. The molecule has 1 aromatic heterocycles. The highest BCUT2D eigenvalue weighted by molar-refractivity contribution is 5.79. The molecule has 0 unspecified atom stereocenters. The van der Waals surface area contributed by atoms with Gasteiger partial charge in [-0.25, -0.2) is 0 Å². The van der Waals surface area contributed by atoms with Gasteiger partial charge in [0.1, 0.15) is 5.75 Å². The highest BCUT2D eigenvalue weighted by Crippen LogP contribution is 2.24. The zero-order valence-corrected chi connectivity index (χ0v) is 16.8. The summed E-state index contributed by atoms with van der Waals surface area (Å²) in [5.41, 5.74) is 1.81. The van der Waals surface area contributed by atoms with Gasteiger partial charge in [0.2, 0.25) is 5.91 Å². The van der Waals surface area contributed by atoms with Crippen LogP contribution in [0.3, 0.4) is 0 Å². The molecule has 7 heteroatoms. The molecule has 1 amide bonds. The molecular formula is C22H28N4O3. The number of amides is 1. The van der Waals surface area contributed by atoms with Crippen LogP contribution in [0.5, 0.6) is 5.75 Å². The van der Waals surface area contributed by atoms with Crippen molar-refractivity contribution in [2.45, 2.75) is 31.8 Å². The van der Waals surface area contributed by atoms with Crippen molar-refractivity contribution in [3.05, 3.63) is 36.4 Å². The summed E-state index contributed by atoms with van der Waals surface area (Å²) in [4.78, 5) is 14.7. The lowest BCUT2D eigenvalue weighted by molar-refractivity contribution is -0.125. The van der Waals surface area contributed by atoms with Crippen LogP contribution in [0.15, 0.2) is 36.4 Å². The van der Waals surface area contributed by atoms with Crippen LogP contribution in [0.25, 0.3) is 11.3 Å². The Hall–Kier alpha value is -2.67. The topological polar surface area (TPSA) is 76.6 Å². The molecule has 0 saturated carbocycles. The smallest absolute Gasteiger partial charge is 0.224 e. The fourth-order valence-corrected chi connectivity index (χ4v) is 3.97. The number of aromatic nitrogens is 2. The summed E-state index contributed by atoms with van der Waals surface area (Å²) in [5.74, 6) is 1.73. The lowest BCUT2D eigenvalue weighted by Crippen LogP contribution is -2.45. The van der Waals surface area contributed by atoms with Crippen LogP contribution in [0.2, 0.25) is 0 Å². The molecule has 7 nitrogen and oxygen atoms in total. The molecule has 4 rings (SSSR count). The Morgan fingerprint density at radius 2 is 2.03 bits per heavy atom. The van der Waals surface area contributed by atoms with Crippen LogP contribution in [0.1, 0.15) is 25.7 Å². The molecule has 2 atom stereocenters. The van der Waals surface area contributed by atoms with E-state index in [2.05, 4.69) is 20.4 Å². The number of methoxy groups -OCH3 is 1. The fraction of sp³-hybridized carbons (Fsp3) is 0.500. The molecule has 0 radical (unpaired) electrons. The number of nitrogens with one attached hydrogen (secondary N) is 1. The van der Waals surface area contributed by atoms with Gasteiger partial charge in [-0.3, -0.25) is 4.79 Å². The maximum Gasteiger partial charge on any atom is 0.224 e. The maximum atomic E-state index is 12.6. The van der Waals surface area contributed by atoms with Crippen molar-refractivity contribution in [2.75, 3.05) is 38.3 Å². The van der Waals surface area contributed by atoms with Gasteiger partial charge in [0.05, 0.1) is 24.8 Å². The van der Waals surface area contributed by atoms with Crippen molar-refractivity contribution in [1.82, 2.24) is 15.5 Å². The van der Waals surface area contributed by atoms with E-state index in [0.717, 1.165) is 61.7 Å². The molecule has 2 aliphatic rings. The summed E-state index contributed by atoms with van der Waals surface area (Å²) in [5, 5.41) is 11.9. The summed E-state index contributed by atoms with van der Waals surface area (Å²) in [6, 6.07) is 11.7. The van der Waals surface area contributed by atoms with E-state index in [4.69, 9.17) is 9.47 Å². The van der Waals surface area contributed by atoms with Gasteiger partial charge in [0, 0.05) is 31.8 Å². The van der Waals surface area contributed by atoms with Crippen molar-refractivity contribution in [3.63, 3.8) is 0 Å². The molecule has 2 fully saturated rings. The van der Waals surface area contributed by atoms with Gasteiger partial charge < -0.3 is 19.7 Å². The first-order valence-electron chi connectivity index (χ1n) is 10.4. The lowest BCUT2D eigenvalue weighted by atomic mass is 9.97. The lowest BCUT2D eigenvalue weighted by Gasteiger charge is -2.32. The number of ether oxygens (including phenoxy) is 2. The third kappa shape index (κ3) is 4.85. The molecule has 3 heterocycles.